The van der Waals surface area contributed by atoms with Crippen molar-refractivity contribution in [3.05, 3.63) is 65.9 Å². The van der Waals surface area contributed by atoms with Gasteiger partial charge in [0.1, 0.15) is 24.4 Å². The van der Waals surface area contributed by atoms with E-state index in [2.05, 4.69) is 15.6 Å². The van der Waals surface area contributed by atoms with E-state index in [4.69, 9.17) is 10.8 Å². The molecule has 1 aliphatic rings. The zero-order valence-corrected chi connectivity index (χ0v) is 20.7. The molecule has 11 heteroatoms. The summed E-state index contributed by atoms with van der Waals surface area (Å²) in [5, 5.41) is 24.6. The Balaban J connectivity index is 1.50. The van der Waals surface area contributed by atoms with Crippen molar-refractivity contribution in [2.75, 3.05) is 13.1 Å². The predicted molar refractivity (Wildman–Crippen MR) is 139 cm³/mol. The van der Waals surface area contributed by atoms with E-state index in [1.807, 2.05) is 24.3 Å². The first-order chi connectivity index (χ1) is 18.2. The molecule has 1 aliphatic heterocycles. The second-order valence-corrected chi connectivity index (χ2v) is 9.40. The minimum atomic E-state index is -1.18. The van der Waals surface area contributed by atoms with E-state index in [1.165, 1.54) is 17.0 Å². The van der Waals surface area contributed by atoms with Gasteiger partial charge in [-0.25, -0.2) is 0 Å². The minimum Gasteiger partial charge on any atom is -0.508 e. The smallest absolute Gasteiger partial charge is 0.322 e. The second-order valence-electron chi connectivity index (χ2n) is 9.40. The molecule has 1 fully saturated rings. The van der Waals surface area contributed by atoms with E-state index in [0.29, 0.717) is 24.9 Å². The molecule has 11 nitrogen and oxygen atoms in total. The number of amides is 3. The first-order valence-electron chi connectivity index (χ1n) is 12.4. The fraction of sp³-hybridized carbons (Fsp3) is 0.333. The zero-order chi connectivity index (χ0) is 27.2. The summed E-state index contributed by atoms with van der Waals surface area (Å²) >= 11 is 0. The lowest BCUT2D eigenvalue weighted by Crippen LogP contribution is -2.56. The largest absolute Gasteiger partial charge is 0.508 e. The first kappa shape index (κ1) is 26.7. The summed E-state index contributed by atoms with van der Waals surface area (Å²) < 4.78 is 0. The molecule has 2 heterocycles. The zero-order valence-electron chi connectivity index (χ0n) is 20.7. The Morgan fingerprint density at radius 1 is 1.08 bits per heavy atom. The van der Waals surface area contributed by atoms with Crippen LogP contribution in [0.15, 0.2) is 54.7 Å². The van der Waals surface area contributed by atoms with Gasteiger partial charge in [-0.3, -0.25) is 19.2 Å². The molecule has 0 spiro atoms. The number of para-hydroxylation sites is 1. The van der Waals surface area contributed by atoms with Crippen LogP contribution in [-0.2, 0) is 32.0 Å². The number of nitrogens with zero attached hydrogens (tertiary/aromatic N) is 1. The molecular formula is C27H31N5O6. The van der Waals surface area contributed by atoms with Crippen LogP contribution in [0.25, 0.3) is 10.9 Å². The SMILES string of the molecule is NC(Cc1c[nH]c2ccccc12)C(=O)NC(Cc1ccc(O)cc1)C(=O)N1CCCC1C(=O)NCC(=O)O. The number of phenolic OH excluding ortho intramolecular Hbond substituents is 1. The lowest BCUT2D eigenvalue weighted by atomic mass is 10.0. The van der Waals surface area contributed by atoms with Crippen LogP contribution in [-0.4, -0.2) is 75.0 Å². The van der Waals surface area contributed by atoms with Crippen LogP contribution in [0.2, 0.25) is 0 Å². The molecule has 3 amide bonds. The van der Waals surface area contributed by atoms with Gasteiger partial charge in [-0.05, 0) is 48.6 Å². The maximum Gasteiger partial charge on any atom is 0.322 e. The van der Waals surface area contributed by atoms with Gasteiger partial charge in [0.2, 0.25) is 17.7 Å². The Morgan fingerprint density at radius 3 is 2.55 bits per heavy atom. The summed E-state index contributed by atoms with van der Waals surface area (Å²) in [6, 6.07) is 11.1. The van der Waals surface area contributed by atoms with Gasteiger partial charge in [0.15, 0.2) is 0 Å². The lowest BCUT2D eigenvalue weighted by molar-refractivity contribution is -0.142. The third kappa shape index (κ3) is 6.30. The summed E-state index contributed by atoms with van der Waals surface area (Å²) in [5.41, 5.74) is 8.75. The number of carbonyl (C=O) groups is 4. The van der Waals surface area contributed by atoms with Crippen molar-refractivity contribution in [3.8, 4) is 5.75 Å². The topological polar surface area (TPSA) is 178 Å². The number of aliphatic carboxylic acids is 1. The monoisotopic (exact) mass is 521 g/mol. The summed E-state index contributed by atoms with van der Waals surface area (Å²) in [4.78, 5) is 54.8. The predicted octanol–water partition coefficient (Wildman–Crippen LogP) is 0.663. The molecule has 1 saturated heterocycles. The van der Waals surface area contributed by atoms with Crippen molar-refractivity contribution in [1.29, 1.82) is 0 Å². The highest BCUT2D eigenvalue weighted by Crippen LogP contribution is 2.21. The normalized spacial score (nSPS) is 16.7. The number of carbonyl (C=O) groups excluding carboxylic acids is 3. The molecule has 0 radical (unpaired) electrons. The standard InChI is InChI=1S/C27H31N5O6/c28-20(13-17-14-29-21-5-2-1-4-19(17)21)25(36)31-22(12-16-7-9-18(33)10-8-16)27(38)32-11-3-6-23(32)26(37)30-15-24(34)35/h1-2,4-5,7-10,14,20,22-23,29,33H,3,6,11-13,15,28H2,(H,30,37)(H,31,36)(H,34,35). The molecular weight excluding hydrogens is 490 g/mol. The van der Waals surface area contributed by atoms with Crippen molar-refractivity contribution in [2.24, 2.45) is 5.73 Å². The van der Waals surface area contributed by atoms with Crippen LogP contribution in [0, 0.1) is 0 Å². The van der Waals surface area contributed by atoms with E-state index < -0.39 is 48.4 Å². The highest BCUT2D eigenvalue weighted by molar-refractivity contribution is 5.94. The summed E-state index contributed by atoms with van der Waals surface area (Å²) in [7, 11) is 0. The fourth-order valence-corrected chi connectivity index (χ4v) is 4.76. The molecule has 3 aromatic rings. The molecule has 4 rings (SSSR count). The maximum atomic E-state index is 13.6. The molecule has 0 saturated carbocycles. The molecule has 3 unspecified atom stereocenters. The van der Waals surface area contributed by atoms with E-state index in [1.54, 1.807) is 18.3 Å². The number of H-pyrrole nitrogens is 1. The number of rotatable bonds is 10. The van der Waals surface area contributed by atoms with Gasteiger partial charge < -0.3 is 36.5 Å². The van der Waals surface area contributed by atoms with Crippen LogP contribution >= 0.6 is 0 Å². The number of benzene rings is 2. The van der Waals surface area contributed by atoms with Crippen LogP contribution in [0.4, 0.5) is 0 Å². The molecule has 200 valence electrons. The average molecular weight is 522 g/mol. The van der Waals surface area contributed by atoms with Gasteiger partial charge in [0.05, 0.1) is 6.04 Å². The van der Waals surface area contributed by atoms with Gasteiger partial charge in [0, 0.05) is 30.1 Å². The second kappa shape index (κ2) is 11.8. The number of carboxylic acids is 1. The number of likely N-dealkylation sites (tertiary alicyclic amines) is 1. The molecule has 1 aromatic heterocycles. The van der Waals surface area contributed by atoms with Crippen molar-refractivity contribution in [3.63, 3.8) is 0 Å². The molecule has 38 heavy (non-hydrogen) atoms. The number of hydrogen-bond acceptors (Lipinski definition) is 6. The quantitative estimate of drug-likeness (QED) is 0.227. The third-order valence-corrected chi connectivity index (χ3v) is 6.69. The lowest BCUT2D eigenvalue weighted by Gasteiger charge is -2.29. The van der Waals surface area contributed by atoms with Crippen molar-refractivity contribution in [1.82, 2.24) is 20.5 Å². The van der Waals surface area contributed by atoms with Crippen LogP contribution < -0.4 is 16.4 Å². The van der Waals surface area contributed by atoms with Gasteiger partial charge in [0.25, 0.3) is 0 Å². The number of phenols is 1. The van der Waals surface area contributed by atoms with Crippen molar-refractivity contribution in [2.45, 2.75) is 43.8 Å². The molecule has 3 atom stereocenters. The third-order valence-electron chi connectivity index (χ3n) is 6.69. The Hall–Kier alpha value is -4.38. The maximum absolute atomic E-state index is 13.6. The number of carboxylic acid groups (broad SMARTS) is 1. The molecule has 2 aromatic carbocycles. The summed E-state index contributed by atoms with van der Waals surface area (Å²) in [6.45, 7) is -0.249. The molecule has 7 N–H and O–H groups in total. The van der Waals surface area contributed by atoms with Crippen LogP contribution in [0.3, 0.4) is 0 Å². The van der Waals surface area contributed by atoms with Crippen LogP contribution in [0.5, 0.6) is 5.75 Å². The highest BCUT2D eigenvalue weighted by Gasteiger charge is 2.38. The average Bonchev–Trinajstić information content (AvgIpc) is 3.55. The number of aromatic amines is 1. The van der Waals surface area contributed by atoms with E-state index in [-0.39, 0.29) is 18.6 Å². The van der Waals surface area contributed by atoms with E-state index >= 15 is 0 Å². The van der Waals surface area contributed by atoms with Crippen molar-refractivity contribution < 1.29 is 29.4 Å². The molecule has 0 bridgehead atoms. The fourth-order valence-electron chi connectivity index (χ4n) is 4.76. The molecule has 0 aliphatic carbocycles. The minimum absolute atomic E-state index is 0.0659. The van der Waals surface area contributed by atoms with Gasteiger partial charge in [-0.1, -0.05) is 30.3 Å². The van der Waals surface area contributed by atoms with Crippen LogP contribution in [0.1, 0.15) is 24.0 Å². The van der Waals surface area contributed by atoms with Gasteiger partial charge >= 0.3 is 5.97 Å². The number of aromatic hydroxyl groups is 1. The number of aromatic nitrogens is 1. The Labute approximate surface area is 219 Å². The summed E-state index contributed by atoms with van der Waals surface area (Å²) in [6.07, 6.45) is 3.12. The number of hydrogen-bond donors (Lipinski definition) is 6. The van der Waals surface area contributed by atoms with Crippen molar-refractivity contribution >= 4 is 34.6 Å². The van der Waals surface area contributed by atoms with E-state index in [0.717, 1.165) is 16.5 Å². The Bertz CT molecular complexity index is 1320. The Kier molecular flexibility index (Phi) is 8.27. The number of nitrogens with two attached hydrogens (primary N) is 1. The first-order valence-corrected chi connectivity index (χ1v) is 12.4. The van der Waals surface area contributed by atoms with Gasteiger partial charge in [-0.15, -0.1) is 0 Å². The number of nitrogens with one attached hydrogen (secondary N) is 3. The number of fused-ring (bicyclic) bond motifs is 1. The van der Waals surface area contributed by atoms with Gasteiger partial charge in [-0.2, -0.15) is 0 Å². The van der Waals surface area contributed by atoms with E-state index in [9.17, 15) is 24.3 Å². The Morgan fingerprint density at radius 2 is 1.82 bits per heavy atom. The summed E-state index contributed by atoms with van der Waals surface area (Å²) in [5.74, 6) is -2.65. The highest BCUT2D eigenvalue weighted by atomic mass is 16.4.